The van der Waals surface area contributed by atoms with Crippen LogP contribution in [0.15, 0.2) is 30.6 Å². The molecule has 21 heavy (non-hydrogen) atoms. The number of pyridine rings is 1. The van der Waals surface area contributed by atoms with Gasteiger partial charge in [0.1, 0.15) is 11.5 Å². The molecule has 0 saturated carbocycles. The van der Waals surface area contributed by atoms with Crippen LogP contribution in [0.5, 0.6) is 0 Å². The normalized spacial score (nSPS) is 13.6. The van der Waals surface area contributed by atoms with E-state index < -0.39 is 0 Å². The first kappa shape index (κ1) is 12.6. The van der Waals surface area contributed by atoms with Crippen LogP contribution in [-0.4, -0.2) is 14.8 Å². The number of nitrogens with zero attached hydrogens (tertiary/aromatic N) is 3. The van der Waals surface area contributed by atoms with E-state index in [0.29, 0.717) is 5.82 Å². The van der Waals surface area contributed by atoms with Crippen LogP contribution in [0.3, 0.4) is 0 Å². The predicted octanol–water partition coefficient (Wildman–Crippen LogP) is 3.28. The van der Waals surface area contributed by atoms with Gasteiger partial charge in [0, 0.05) is 24.3 Å². The maximum Gasteiger partial charge on any atom is 0.129 e. The Balaban J connectivity index is 1.91. The molecule has 5 heteroatoms. The molecule has 1 aliphatic rings. The van der Waals surface area contributed by atoms with Gasteiger partial charge in [0.2, 0.25) is 0 Å². The summed E-state index contributed by atoms with van der Waals surface area (Å²) in [4.78, 5) is 6.82. The van der Waals surface area contributed by atoms with Gasteiger partial charge < -0.3 is 5.73 Å². The molecule has 0 fully saturated rings. The van der Waals surface area contributed by atoms with E-state index in [1.807, 2.05) is 30.5 Å². The number of fused-ring (bicyclic) bond motifs is 1. The van der Waals surface area contributed by atoms with Crippen LogP contribution in [-0.2, 0) is 19.9 Å². The average molecular weight is 296 g/mol. The lowest BCUT2D eigenvalue weighted by molar-refractivity contribution is 0.783. The lowest BCUT2D eigenvalue weighted by Crippen LogP contribution is -1.97. The van der Waals surface area contributed by atoms with Crippen LogP contribution < -0.4 is 5.73 Å². The van der Waals surface area contributed by atoms with Gasteiger partial charge in [-0.2, -0.15) is 5.10 Å². The summed E-state index contributed by atoms with van der Waals surface area (Å²) in [6, 6.07) is 6.26. The molecule has 0 bridgehead atoms. The van der Waals surface area contributed by atoms with Crippen LogP contribution in [0.25, 0.3) is 21.7 Å². The van der Waals surface area contributed by atoms with Crippen molar-refractivity contribution in [1.82, 2.24) is 14.8 Å². The van der Waals surface area contributed by atoms with Gasteiger partial charge in [-0.15, -0.1) is 11.3 Å². The second-order valence-corrected chi connectivity index (χ2v) is 6.52. The maximum absolute atomic E-state index is 6.25. The molecule has 0 unspecified atom stereocenters. The molecule has 0 atom stereocenters. The second kappa shape index (κ2) is 4.70. The number of hydrogen-bond acceptors (Lipinski definition) is 4. The smallest absolute Gasteiger partial charge is 0.129 e. The number of hydrogen-bond donors (Lipinski definition) is 1. The number of anilines is 1. The van der Waals surface area contributed by atoms with E-state index in [1.165, 1.54) is 34.6 Å². The summed E-state index contributed by atoms with van der Waals surface area (Å²) >= 11 is 1.86. The third-order valence-corrected chi connectivity index (χ3v) is 5.28. The van der Waals surface area contributed by atoms with Gasteiger partial charge in [-0.1, -0.05) is 0 Å². The van der Waals surface area contributed by atoms with E-state index in [1.54, 1.807) is 17.1 Å². The van der Waals surface area contributed by atoms with Gasteiger partial charge in [-0.25, -0.2) is 0 Å². The lowest BCUT2D eigenvalue weighted by Gasteiger charge is -2.02. The first-order valence-corrected chi connectivity index (χ1v) is 7.90. The van der Waals surface area contributed by atoms with Crippen LogP contribution in [0.2, 0.25) is 0 Å². The van der Waals surface area contributed by atoms with E-state index >= 15 is 0 Å². The monoisotopic (exact) mass is 296 g/mol. The SMILES string of the molecule is Cn1nc(-c2cc3c(s2)CCC3)c(-c2ccncc2)c1N. The second-order valence-electron chi connectivity index (χ2n) is 5.38. The molecule has 0 radical (unpaired) electrons. The van der Waals surface area contributed by atoms with Crippen molar-refractivity contribution in [3.05, 3.63) is 41.0 Å². The zero-order valence-corrected chi connectivity index (χ0v) is 12.7. The Bertz CT molecular complexity index is 780. The Morgan fingerprint density at radius 2 is 2.05 bits per heavy atom. The molecule has 3 aromatic rings. The third-order valence-electron chi connectivity index (χ3n) is 4.04. The van der Waals surface area contributed by atoms with Crippen LogP contribution in [0, 0.1) is 0 Å². The van der Waals surface area contributed by atoms with E-state index in [2.05, 4.69) is 16.1 Å². The molecule has 0 spiro atoms. The van der Waals surface area contributed by atoms with Crippen molar-refractivity contribution in [1.29, 1.82) is 0 Å². The van der Waals surface area contributed by atoms with Gasteiger partial charge in [0.15, 0.2) is 0 Å². The minimum absolute atomic E-state index is 0.699. The molecule has 0 amide bonds. The van der Waals surface area contributed by atoms with E-state index in [-0.39, 0.29) is 0 Å². The molecule has 4 rings (SSSR count). The molecule has 0 aliphatic heterocycles. The minimum Gasteiger partial charge on any atom is -0.383 e. The fourth-order valence-electron chi connectivity index (χ4n) is 2.96. The van der Waals surface area contributed by atoms with Gasteiger partial charge >= 0.3 is 0 Å². The van der Waals surface area contributed by atoms with Crippen molar-refractivity contribution in [2.45, 2.75) is 19.3 Å². The fourth-order valence-corrected chi connectivity index (χ4v) is 4.20. The summed E-state index contributed by atoms with van der Waals surface area (Å²) in [6.07, 6.45) is 7.26. The quantitative estimate of drug-likeness (QED) is 0.789. The number of nitrogens with two attached hydrogens (primary N) is 1. The van der Waals surface area contributed by atoms with Crippen molar-refractivity contribution in [2.24, 2.45) is 7.05 Å². The zero-order valence-electron chi connectivity index (χ0n) is 11.8. The van der Waals surface area contributed by atoms with Crippen molar-refractivity contribution >= 4 is 17.2 Å². The summed E-state index contributed by atoms with van der Waals surface area (Å²) in [5.74, 6) is 0.699. The standard InChI is InChI=1S/C16H16N4S/c1-20-16(17)14(10-5-7-18-8-6-10)15(19-20)13-9-11-3-2-4-12(11)21-13/h5-9H,2-4,17H2,1H3. The molecule has 1 aliphatic carbocycles. The van der Waals surface area contributed by atoms with Crippen molar-refractivity contribution < 1.29 is 0 Å². The highest BCUT2D eigenvalue weighted by molar-refractivity contribution is 7.15. The highest BCUT2D eigenvalue weighted by Crippen LogP contribution is 2.41. The molecular formula is C16H16N4S. The largest absolute Gasteiger partial charge is 0.383 e. The fraction of sp³-hybridized carbons (Fsp3) is 0.250. The van der Waals surface area contributed by atoms with E-state index in [0.717, 1.165) is 16.8 Å². The van der Waals surface area contributed by atoms with Crippen LogP contribution >= 0.6 is 11.3 Å². The van der Waals surface area contributed by atoms with E-state index in [4.69, 9.17) is 5.73 Å². The molecule has 2 N–H and O–H groups in total. The van der Waals surface area contributed by atoms with Gasteiger partial charge in [-0.3, -0.25) is 9.67 Å². The number of thiophene rings is 1. The van der Waals surface area contributed by atoms with Gasteiger partial charge in [0.25, 0.3) is 0 Å². The summed E-state index contributed by atoms with van der Waals surface area (Å²) < 4.78 is 1.76. The topological polar surface area (TPSA) is 56.7 Å². The van der Waals surface area contributed by atoms with Crippen LogP contribution in [0.4, 0.5) is 5.82 Å². The summed E-state index contributed by atoms with van der Waals surface area (Å²) in [5.41, 5.74) is 10.8. The average Bonchev–Trinajstić information content (AvgIpc) is 3.14. The Kier molecular flexibility index (Phi) is 2.82. The zero-order chi connectivity index (χ0) is 14.4. The Hall–Kier alpha value is -2.14. The highest BCUT2D eigenvalue weighted by Gasteiger charge is 2.22. The van der Waals surface area contributed by atoms with Crippen LogP contribution in [0.1, 0.15) is 16.9 Å². The van der Waals surface area contributed by atoms with Gasteiger partial charge in [-0.05, 0) is 48.6 Å². The molecule has 0 aromatic carbocycles. The minimum atomic E-state index is 0.699. The number of rotatable bonds is 2. The molecule has 106 valence electrons. The predicted molar refractivity (Wildman–Crippen MR) is 86.2 cm³/mol. The van der Waals surface area contributed by atoms with Crippen molar-refractivity contribution in [3.63, 3.8) is 0 Å². The summed E-state index contributed by atoms with van der Waals surface area (Å²) in [6.45, 7) is 0. The van der Waals surface area contributed by atoms with Gasteiger partial charge in [0.05, 0.1) is 10.4 Å². The Labute approximate surface area is 127 Å². The molecule has 3 aromatic heterocycles. The first-order valence-electron chi connectivity index (χ1n) is 7.09. The van der Waals surface area contributed by atoms with Crippen molar-refractivity contribution in [3.8, 4) is 21.7 Å². The number of nitrogen functional groups attached to an aromatic ring is 1. The molecule has 3 heterocycles. The summed E-state index contributed by atoms with van der Waals surface area (Å²) in [7, 11) is 1.89. The Morgan fingerprint density at radius 3 is 2.81 bits per heavy atom. The molecule has 0 saturated heterocycles. The first-order chi connectivity index (χ1) is 10.2. The highest BCUT2D eigenvalue weighted by atomic mass is 32.1. The molecular weight excluding hydrogens is 280 g/mol. The van der Waals surface area contributed by atoms with Crippen molar-refractivity contribution in [2.75, 3.05) is 5.73 Å². The molecule has 4 nitrogen and oxygen atoms in total. The third kappa shape index (κ3) is 1.96. The maximum atomic E-state index is 6.25. The Morgan fingerprint density at radius 1 is 1.24 bits per heavy atom. The van der Waals surface area contributed by atoms with E-state index in [9.17, 15) is 0 Å². The summed E-state index contributed by atoms with van der Waals surface area (Å²) in [5, 5.41) is 4.65. The lowest BCUT2D eigenvalue weighted by atomic mass is 10.1. The number of aromatic nitrogens is 3. The number of aryl methyl sites for hydroxylation is 3.